The lowest BCUT2D eigenvalue weighted by atomic mass is 10.1. The zero-order valence-electron chi connectivity index (χ0n) is 17.3. The first-order valence-corrected chi connectivity index (χ1v) is 9.73. The van der Waals surface area contributed by atoms with Crippen LogP contribution in [0.4, 0.5) is 5.69 Å². The minimum Gasteiger partial charge on any atom is -0.497 e. The maximum absolute atomic E-state index is 12.6. The standard InChI is InChI=1S/C24H25NO5/c1-15-13-21(12-9-17-7-10-20(29-3)11-8-17)30-24(28)22(15)23(27)25-19-6-4-5-18(14-19)16(2)26/h4-8,10-11,13-14,16,26H,9,12H2,1-3H3,(H,25,27). The van der Waals surface area contributed by atoms with Crippen LogP contribution in [0, 0.1) is 6.92 Å². The van der Waals surface area contributed by atoms with Crippen molar-refractivity contribution in [3.8, 4) is 5.75 Å². The molecule has 6 nitrogen and oxygen atoms in total. The largest absolute Gasteiger partial charge is 0.497 e. The number of hydrogen-bond acceptors (Lipinski definition) is 5. The first-order chi connectivity index (χ1) is 14.4. The van der Waals surface area contributed by atoms with Crippen molar-refractivity contribution >= 4 is 11.6 Å². The average molecular weight is 407 g/mol. The van der Waals surface area contributed by atoms with Crippen LogP contribution in [0.2, 0.25) is 0 Å². The summed E-state index contributed by atoms with van der Waals surface area (Å²) in [6.07, 6.45) is 0.587. The van der Waals surface area contributed by atoms with Gasteiger partial charge in [0.15, 0.2) is 0 Å². The van der Waals surface area contributed by atoms with E-state index in [0.717, 1.165) is 11.3 Å². The van der Waals surface area contributed by atoms with E-state index in [0.29, 0.717) is 35.4 Å². The molecule has 0 spiro atoms. The molecule has 1 unspecified atom stereocenters. The monoisotopic (exact) mass is 407 g/mol. The maximum Gasteiger partial charge on any atom is 0.349 e. The summed E-state index contributed by atoms with van der Waals surface area (Å²) in [6, 6.07) is 16.3. The van der Waals surface area contributed by atoms with Gasteiger partial charge < -0.3 is 19.6 Å². The van der Waals surface area contributed by atoms with Gasteiger partial charge in [0.1, 0.15) is 17.1 Å². The van der Waals surface area contributed by atoms with E-state index in [1.807, 2.05) is 24.3 Å². The Hall–Kier alpha value is -3.38. The number of benzene rings is 2. The summed E-state index contributed by atoms with van der Waals surface area (Å²) < 4.78 is 10.5. The van der Waals surface area contributed by atoms with E-state index in [2.05, 4.69) is 5.32 Å². The number of anilines is 1. The lowest BCUT2D eigenvalue weighted by Gasteiger charge is -2.10. The van der Waals surface area contributed by atoms with Gasteiger partial charge in [0.2, 0.25) is 0 Å². The summed E-state index contributed by atoms with van der Waals surface area (Å²) >= 11 is 0. The Labute approximate surface area is 175 Å². The van der Waals surface area contributed by atoms with Gasteiger partial charge in [0, 0.05) is 12.1 Å². The van der Waals surface area contributed by atoms with Crippen LogP contribution in [0.1, 0.15) is 45.8 Å². The molecule has 1 amide bonds. The molecule has 0 aliphatic rings. The molecule has 0 saturated heterocycles. The van der Waals surface area contributed by atoms with Crippen LogP contribution in [-0.2, 0) is 12.8 Å². The SMILES string of the molecule is COc1ccc(CCc2cc(C)c(C(=O)Nc3cccc(C(C)O)c3)c(=O)o2)cc1. The van der Waals surface area contributed by atoms with Gasteiger partial charge in [-0.25, -0.2) is 4.79 Å². The Morgan fingerprint density at radius 2 is 1.87 bits per heavy atom. The van der Waals surface area contributed by atoms with Gasteiger partial charge in [-0.1, -0.05) is 24.3 Å². The number of aliphatic hydroxyl groups is 1. The van der Waals surface area contributed by atoms with Crippen LogP contribution in [0.3, 0.4) is 0 Å². The topological polar surface area (TPSA) is 88.8 Å². The highest BCUT2D eigenvalue weighted by molar-refractivity contribution is 6.04. The molecule has 0 bridgehead atoms. The molecule has 30 heavy (non-hydrogen) atoms. The summed E-state index contributed by atoms with van der Waals surface area (Å²) in [5, 5.41) is 12.4. The number of ether oxygens (including phenoxy) is 1. The summed E-state index contributed by atoms with van der Waals surface area (Å²) in [6.45, 7) is 3.36. The first-order valence-electron chi connectivity index (χ1n) is 9.73. The van der Waals surface area contributed by atoms with Crippen molar-refractivity contribution < 1.29 is 19.1 Å². The number of rotatable bonds is 7. The summed E-state index contributed by atoms with van der Waals surface area (Å²) in [5.74, 6) is 0.780. The average Bonchev–Trinajstić information content (AvgIpc) is 2.72. The van der Waals surface area contributed by atoms with E-state index >= 15 is 0 Å². The van der Waals surface area contributed by atoms with E-state index in [1.54, 1.807) is 51.3 Å². The van der Waals surface area contributed by atoms with Gasteiger partial charge in [-0.05, 0) is 67.3 Å². The second-order valence-electron chi connectivity index (χ2n) is 7.16. The van der Waals surface area contributed by atoms with Gasteiger partial charge in [-0.15, -0.1) is 0 Å². The number of aryl methyl sites for hydroxylation is 3. The number of methoxy groups -OCH3 is 1. The third kappa shape index (κ3) is 5.15. The van der Waals surface area contributed by atoms with Crippen LogP contribution in [0.15, 0.2) is 63.8 Å². The molecule has 156 valence electrons. The van der Waals surface area contributed by atoms with E-state index in [-0.39, 0.29) is 5.56 Å². The van der Waals surface area contributed by atoms with E-state index < -0.39 is 17.6 Å². The molecule has 0 radical (unpaired) electrons. The molecule has 1 heterocycles. The molecule has 0 aliphatic carbocycles. The number of carbonyl (C=O) groups is 1. The third-order valence-electron chi connectivity index (χ3n) is 4.87. The molecular formula is C24H25NO5. The molecule has 0 fully saturated rings. The Balaban J connectivity index is 1.72. The summed E-state index contributed by atoms with van der Waals surface area (Å²) in [4.78, 5) is 25.1. The van der Waals surface area contributed by atoms with E-state index in [9.17, 15) is 14.7 Å². The number of nitrogens with one attached hydrogen (secondary N) is 1. The quantitative estimate of drug-likeness (QED) is 0.617. The molecule has 2 N–H and O–H groups in total. The van der Waals surface area contributed by atoms with Crippen LogP contribution in [-0.4, -0.2) is 18.1 Å². The van der Waals surface area contributed by atoms with Gasteiger partial charge >= 0.3 is 5.63 Å². The molecule has 1 aromatic heterocycles. The van der Waals surface area contributed by atoms with Gasteiger partial charge in [0.25, 0.3) is 5.91 Å². The Kier molecular flexibility index (Phi) is 6.69. The lowest BCUT2D eigenvalue weighted by molar-refractivity contribution is 0.102. The minimum absolute atomic E-state index is 0.0225. The normalized spacial score (nSPS) is 11.7. The zero-order valence-corrected chi connectivity index (χ0v) is 17.3. The number of carbonyl (C=O) groups excluding carboxylic acids is 1. The van der Waals surface area contributed by atoms with Gasteiger partial charge in [-0.2, -0.15) is 0 Å². The van der Waals surface area contributed by atoms with Crippen molar-refractivity contribution in [1.29, 1.82) is 0 Å². The Bertz CT molecular complexity index is 1080. The fourth-order valence-electron chi connectivity index (χ4n) is 3.20. The maximum atomic E-state index is 12.6. The second-order valence-corrected chi connectivity index (χ2v) is 7.16. The summed E-state index contributed by atoms with van der Waals surface area (Å²) in [7, 11) is 1.62. The molecule has 1 atom stereocenters. The minimum atomic E-state index is -0.663. The smallest absolute Gasteiger partial charge is 0.349 e. The number of amides is 1. The highest BCUT2D eigenvalue weighted by Gasteiger charge is 2.17. The van der Waals surface area contributed by atoms with Crippen LogP contribution in [0.25, 0.3) is 0 Å². The van der Waals surface area contributed by atoms with Crippen molar-refractivity contribution in [2.75, 3.05) is 12.4 Å². The first kappa shape index (κ1) is 21.3. The fourth-order valence-corrected chi connectivity index (χ4v) is 3.20. The Morgan fingerprint density at radius 1 is 1.13 bits per heavy atom. The van der Waals surface area contributed by atoms with Crippen LogP contribution >= 0.6 is 0 Å². The third-order valence-corrected chi connectivity index (χ3v) is 4.87. The number of aliphatic hydroxyl groups excluding tert-OH is 1. The van der Waals surface area contributed by atoms with E-state index in [4.69, 9.17) is 9.15 Å². The highest BCUT2D eigenvalue weighted by atomic mass is 16.5. The highest BCUT2D eigenvalue weighted by Crippen LogP contribution is 2.19. The van der Waals surface area contributed by atoms with Gasteiger partial charge in [0.05, 0.1) is 13.2 Å². The zero-order chi connectivity index (χ0) is 21.7. The van der Waals surface area contributed by atoms with Crippen molar-refractivity contribution in [3.63, 3.8) is 0 Å². The number of hydrogen-bond donors (Lipinski definition) is 2. The lowest BCUT2D eigenvalue weighted by Crippen LogP contribution is -2.23. The predicted octanol–water partition coefficient (Wildman–Crippen LogP) is 4.05. The molecule has 3 rings (SSSR count). The molecule has 0 saturated carbocycles. The fraction of sp³-hybridized carbons (Fsp3) is 0.250. The summed E-state index contributed by atoms with van der Waals surface area (Å²) in [5.41, 5.74) is 2.14. The van der Waals surface area contributed by atoms with Crippen molar-refractivity contribution in [1.82, 2.24) is 0 Å². The van der Waals surface area contributed by atoms with Crippen molar-refractivity contribution in [2.24, 2.45) is 0 Å². The van der Waals surface area contributed by atoms with Crippen molar-refractivity contribution in [2.45, 2.75) is 32.8 Å². The van der Waals surface area contributed by atoms with Gasteiger partial charge in [-0.3, -0.25) is 4.79 Å². The molecule has 6 heteroatoms. The van der Waals surface area contributed by atoms with Crippen LogP contribution in [0.5, 0.6) is 5.75 Å². The Morgan fingerprint density at radius 3 is 2.50 bits per heavy atom. The van der Waals surface area contributed by atoms with E-state index in [1.165, 1.54) is 0 Å². The molecule has 2 aromatic carbocycles. The second kappa shape index (κ2) is 9.41. The molecule has 0 aliphatic heterocycles. The van der Waals surface area contributed by atoms with Crippen LogP contribution < -0.4 is 15.7 Å². The van der Waals surface area contributed by atoms with Crippen molar-refractivity contribution in [3.05, 3.63) is 93.0 Å². The molecular weight excluding hydrogens is 382 g/mol. The predicted molar refractivity (Wildman–Crippen MR) is 115 cm³/mol. The molecule has 3 aromatic rings.